The highest BCUT2D eigenvalue weighted by molar-refractivity contribution is 5.79. The second-order valence-corrected chi connectivity index (χ2v) is 5.21. The third kappa shape index (κ3) is 3.96. The lowest BCUT2D eigenvalue weighted by Gasteiger charge is -2.37. The number of rotatable bonds is 6. The van der Waals surface area contributed by atoms with Crippen LogP contribution in [-0.2, 0) is 4.79 Å². The number of nitrogens with two attached hydrogens (primary N) is 1. The quantitative estimate of drug-likeness (QED) is 0.654. The molecular weight excluding hydrogens is 216 g/mol. The van der Waals surface area contributed by atoms with Crippen molar-refractivity contribution >= 4 is 5.91 Å². The zero-order chi connectivity index (χ0) is 12.7. The molecule has 0 saturated heterocycles. The monoisotopic (exact) mass is 242 g/mol. The summed E-state index contributed by atoms with van der Waals surface area (Å²) >= 11 is 0. The molecule has 0 bridgehead atoms. The van der Waals surface area contributed by atoms with Crippen molar-refractivity contribution in [3.8, 4) is 0 Å². The highest BCUT2D eigenvalue weighted by atomic mass is 16.3. The number of nitrogens with one attached hydrogen (secondary N) is 1. The minimum atomic E-state index is -0.378. The van der Waals surface area contributed by atoms with E-state index in [0.29, 0.717) is 6.54 Å². The van der Waals surface area contributed by atoms with Gasteiger partial charge in [-0.1, -0.05) is 32.6 Å². The molecule has 1 atom stereocenters. The molecule has 1 amide bonds. The van der Waals surface area contributed by atoms with Gasteiger partial charge in [-0.3, -0.25) is 4.79 Å². The molecule has 0 aromatic rings. The Morgan fingerprint density at radius 1 is 1.41 bits per heavy atom. The van der Waals surface area contributed by atoms with Gasteiger partial charge in [-0.25, -0.2) is 0 Å². The summed E-state index contributed by atoms with van der Waals surface area (Å²) in [6.07, 6.45) is 6.93. The molecule has 0 radical (unpaired) electrons. The van der Waals surface area contributed by atoms with E-state index in [1.807, 2.05) is 0 Å². The lowest BCUT2D eigenvalue weighted by atomic mass is 9.81. The molecule has 4 N–H and O–H groups in total. The number of aliphatic hydroxyl groups excluding tert-OH is 1. The number of carbonyl (C=O) groups is 1. The molecule has 1 aliphatic rings. The maximum atomic E-state index is 12.1. The van der Waals surface area contributed by atoms with Crippen molar-refractivity contribution in [1.29, 1.82) is 0 Å². The summed E-state index contributed by atoms with van der Waals surface area (Å²) < 4.78 is 0. The molecule has 0 aromatic carbocycles. The SMILES string of the molecule is CCCC(CN)C(=O)NC1(CO)CCCCC1. The first-order chi connectivity index (χ1) is 8.17. The number of carbonyl (C=O) groups excluding carboxylic acids is 1. The fraction of sp³-hybridized carbons (Fsp3) is 0.923. The Morgan fingerprint density at radius 2 is 2.06 bits per heavy atom. The number of hydrogen-bond donors (Lipinski definition) is 3. The smallest absolute Gasteiger partial charge is 0.224 e. The molecule has 17 heavy (non-hydrogen) atoms. The van der Waals surface area contributed by atoms with Gasteiger partial charge in [-0.15, -0.1) is 0 Å². The Hall–Kier alpha value is -0.610. The van der Waals surface area contributed by atoms with Crippen molar-refractivity contribution < 1.29 is 9.90 Å². The van der Waals surface area contributed by atoms with E-state index in [0.717, 1.165) is 38.5 Å². The average molecular weight is 242 g/mol. The Kier molecular flexibility index (Phi) is 5.92. The summed E-state index contributed by atoms with van der Waals surface area (Å²) in [5.74, 6) is -0.0874. The van der Waals surface area contributed by atoms with Gasteiger partial charge in [0.2, 0.25) is 5.91 Å². The second kappa shape index (κ2) is 6.97. The lowest BCUT2D eigenvalue weighted by Crippen LogP contribution is -2.54. The molecule has 1 fully saturated rings. The minimum absolute atomic E-state index is 0.0188. The molecule has 0 aromatic heterocycles. The Morgan fingerprint density at radius 3 is 2.53 bits per heavy atom. The third-order valence-electron chi connectivity index (χ3n) is 3.79. The van der Waals surface area contributed by atoms with Crippen LogP contribution in [0, 0.1) is 5.92 Å². The number of amides is 1. The molecule has 4 nitrogen and oxygen atoms in total. The Balaban J connectivity index is 2.57. The van der Waals surface area contributed by atoms with E-state index in [1.54, 1.807) is 0 Å². The highest BCUT2D eigenvalue weighted by Crippen LogP contribution is 2.28. The molecule has 1 rings (SSSR count). The predicted octanol–water partition coefficient (Wildman–Crippen LogP) is 1.17. The average Bonchev–Trinajstić information content (AvgIpc) is 2.36. The summed E-state index contributed by atoms with van der Waals surface area (Å²) in [5, 5.41) is 12.6. The van der Waals surface area contributed by atoms with Crippen LogP contribution in [0.2, 0.25) is 0 Å². The summed E-state index contributed by atoms with van der Waals surface area (Å²) in [4.78, 5) is 12.1. The van der Waals surface area contributed by atoms with Gasteiger partial charge in [0.25, 0.3) is 0 Å². The maximum absolute atomic E-state index is 12.1. The van der Waals surface area contributed by atoms with Gasteiger partial charge in [0.15, 0.2) is 0 Å². The first kappa shape index (κ1) is 14.5. The summed E-state index contributed by atoms with van der Waals surface area (Å²) in [5.41, 5.74) is 5.25. The van der Waals surface area contributed by atoms with Crippen LogP contribution in [0.25, 0.3) is 0 Å². The van der Waals surface area contributed by atoms with Gasteiger partial charge < -0.3 is 16.2 Å². The van der Waals surface area contributed by atoms with Crippen LogP contribution in [0.15, 0.2) is 0 Å². The predicted molar refractivity (Wildman–Crippen MR) is 68.5 cm³/mol. The van der Waals surface area contributed by atoms with Crippen LogP contribution in [0.3, 0.4) is 0 Å². The molecule has 1 unspecified atom stereocenters. The summed E-state index contributed by atoms with van der Waals surface area (Å²) in [7, 11) is 0. The van der Waals surface area contributed by atoms with Gasteiger partial charge in [0, 0.05) is 6.54 Å². The molecule has 1 saturated carbocycles. The molecule has 4 heteroatoms. The van der Waals surface area contributed by atoms with Crippen molar-refractivity contribution in [2.24, 2.45) is 11.7 Å². The van der Waals surface area contributed by atoms with E-state index in [1.165, 1.54) is 6.42 Å². The first-order valence-electron chi connectivity index (χ1n) is 6.80. The van der Waals surface area contributed by atoms with Crippen LogP contribution >= 0.6 is 0 Å². The normalized spacial score (nSPS) is 20.9. The van der Waals surface area contributed by atoms with Crippen molar-refractivity contribution in [2.45, 2.75) is 57.4 Å². The first-order valence-corrected chi connectivity index (χ1v) is 6.80. The zero-order valence-electron chi connectivity index (χ0n) is 10.9. The van der Waals surface area contributed by atoms with E-state index in [4.69, 9.17) is 5.73 Å². The standard InChI is InChI=1S/C13H26N2O2/c1-2-6-11(9-14)12(17)15-13(10-16)7-4-3-5-8-13/h11,16H,2-10,14H2,1H3,(H,15,17). The molecule has 100 valence electrons. The third-order valence-corrected chi connectivity index (χ3v) is 3.79. The highest BCUT2D eigenvalue weighted by Gasteiger charge is 2.34. The molecule has 0 aliphatic heterocycles. The van der Waals surface area contributed by atoms with Crippen molar-refractivity contribution in [3.63, 3.8) is 0 Å². The van der Waals surface area contributed by atoms with Crippen LogP contribution < -0.4 is 11.1 Å². The van der Waals surface area contributed by atoms with Crippen LogP contribution in [0.5, 0.6) is 0 Å². The van der Waals surface area contributed by atoms with E-state index in [9.17, 15) is 9.90 Å². The second-order valence-electron chi connectivity index (χ2n) is 5.21. The number of hydrogen-bond acceptors (Lipinski definition) is 3. The zero-order valence-corrected chi connectivity index (χ0v) is 10.9. The fourth-order valence-corrected chi connectivity index (χ4v) is 2.62. The Bertz CT molecular complexity index is 238. The van der Waals surface area contributed by atoms with Crippen molar-refractivity contribution in [2.75, 3.05) is 13.2 Å². The van der Waals surface area contributed by atoms with Crippen LogP contribution in [0.1, 0.15) is 51.9 Å². The maximum Gasteiger partial charge on any atom is 0.224 e. The number of aliphatic hydroxyl groups is 1. The van der Waals surface area contributed by atoms with Crippen LogP contribution in [0.4, 0.5) is 0 Å². The van der Waals surface area contributed by atoms with Gasteiger partial charge in [-0.05, 0) is 19.3 Å². The molecule has 1 aliphatic carbocycles. The fourth-order valence-electron chi connectivity index (χ4n) is 2.62. The van der Waals surface area contributed by atoms with Gasteiger partial charge in [-0.2, -0.15) is 0 Å². The molecular formula is C13H26N2O2. The Labute approximate surface area is 104 Å². The van der Waals surface area contributed by atoms with Gasteiger partial charge in [0.05, 0.1) is 18.1 Å². The van der Waals surface area contributed by atoms with E-state index in [-0.39, 0.29) is 24.0 Å². The molecule has 0 spiro atoms. The van der Waals surface area contributed by atoms with Crippen molar-refractivity contribution in [3.05, 3.63) is 0 Å². The molecule has 0 heterocycles. The topological polar surface area (TPSA) is 75.4 Å². The van der Waals surface area contributed by atoms with Crippen molar-refractivity contribution in [1.82, 2.24) is 5.32 Å². The summed E-state index contributed by atoms with van der Waals surface area (Å²) in [6.45, 7) is 2.49. The lowest BCUT2D eigenvalue weighted by molar-refractivity contribution is -0.128. The van der Waals surface area contributed by atoms with E-state index in [2.05, 4.69) is 12.2 Å². The summed E-state index contributed by atoms with van der Waals surface area (Å²) in [6, 6.07) is 0. The largest absolute Gasteiger partial charge is 0.394 e. The van der Waals surface area contributed by atoms with Crippen LogP contribution in [-0.4, -0.2) is 29.7 Å². The van der Waals surface area contributed by atoms with E-state index < -0.39 is 0 Å². The van der Waals surface area contributed by atoms with E-state index >= 15 is 0 Å². The van der Waals surface area contributed by atoms with Gasteiger partial charge in [0.1, 0.15) is 0 Å². The van der Waals surface area contributed by atoms with Gasteiger partial charge >= 0.3 is 0 Å². The minimum Gasteiger partial charge on any atom is -0.394 e.